The summed E-state index contributed by atoms with van der Waals surface area (Å²) in [5.74, 6) is -1.34. The third-order valence-electron chi connectivity index (χ3n) is 8.24. The molecule has 0 spiro atoms. The minimum Gasteiger partial charge on any atom is -0.395 e. The summed E-state index contributed by atoms with van der Waals surface area (Å²) in [6, 6.07) is 6.23. The predicted molar refractivity (Wildman–Crippen MR) is 169 cm³/mol. The molecule has 0 bridgehead atoms. The van der Waals surface area contributed by atoms with Gasteiger partial charge in [-0.05, 0) is 50.0 Å². The third kappa shape index (κ3) is 11.1. The van der Waals surface area contributed by atoms with Crippen molar-refractivity contribution < 1.29 is 33.8 Å². The number of benzene rings is 1. The number of carbonyl (C=O) groups excluding carboxylic acids is 5. The van der Waals surface area contributed by atoms with E-state index in [2.05, 4.69) is 21.3 Å². The van der Waals surface area contributed by atoms with E-state index in [1.165, 1.54) is 0 Å². The number of urea groups is 1. The quantitative estimate of drug-likeness (QED) is 0.173. The van der Waals surface area contributed by atoms with Crippen LogP contribution in [0.4, 0.5) is 4.79 Å². The minimum atomic E-state index is -0.991. The molecule has 0 saturated carbocycles. The van der Waals surface area contributed by atoms with Crippen LogP contribution in [0.1, 0.15) is 65.9 Å². The standard InChI is InChI=1S/C33H51N5O7/c1-21(2)17-25(28(40)33(5)20-45-33)35-31(43)27(19-23-9-7-6-8-10-23)36-30(42)26(18-22(3)4)37-32(44)38-14-11-24(12-15-38)29(41)34-13-16-39/h6-10,21-22,24-27,39H,11-20H2,1-5H3,(H,34,41)(H,35,43)(H,36,42)(H,37,44). The molecule has 0 radical (unpaired) electrons. The first-order chi connectivity index (χ1) is 21.3. The Balaban J connectivity index is 1.71. The third-order valence-corrected chi connectivity index (χ3v) is 8.24. The molecule has 5 amide bonds. The Labute approximate surface area is 266 Å². The maximum absolute atomic E-state index is 13.7. The topological polar surface area (TPSA) is 169 Å². The molecule has 2 heterocycles. The molecule has 3 rings (SSSR count). The van der Waals surface area contributed by atoms with Gasteiger partial charge in [0.05, 0.1) is 19.3 Å². The summed E-state index contributed by atoms with van der Waals surface area (Å²) < 4.78 is 5.37. The first-order valence-electron chi connectivity index (χ1n) is 16.1. The second-order valence-electron chi connectivity index (χ2n) is 13.2. The number of epoxide rings is 1. The summed E-state index contributed by atoms with van der Waals surface area (Å²) in [7, 11) is 0. The van der Waals surface area contributed by atoms with Crippen molar-refractivity contribution in [3.63, 3.8) is 0 Å². The van der Waals surface area contributed by atoms with E-state index >= 15 is 0 Å². The van der Waals surface area contributed by atoms with Gasteiger partial charge >= 0.3 is 6.03 Å². The molecule has 1 aromatic rings. The van der Waals surface area contributed by atoms with E-state index in [9.17, 15) is 24.0 Å². The number of carbonyl (C=O) groups is 5. The summed E-state index contributed by atoms with van der Waals surface area (Å²) in [6.07, 6.45) is 1.93. The first kappa shape index (κ1) is 36.0. The number of amides is 5. The highest BCUT2D eigenvalue weighted by Gasteiger charge is 2.50. The van der Waals surface area contributed by atoms with Gasteiger partial charge in [0.1, 0.15) is 17.7 Å². The van der Waals surface area contributed by atoms with Crippen molar-refractivity contribution in [3.8, 4) is 0 Å². The Hall–Kier alpha value is -3.51. The number of piperidine rings is 1. The smallest absolute Gasteiger partial charge is 0.318 e. The number of nitrogens with one attached hydrogen (secondary N) is 4. The minimum absolute atomic E-state index is 0.0655. The lowest BCUT2D eigenvalue weighted by atomic mass is 9.93. The van der Waals surface area contributed by atoms with Crippen LogP contribution in [-0.4, -0.2) is 96.1 Å². The molecule has 2 fully saturated rings. The fourth-order valence-electron chi connectivity index (χ4n) is 5.54. The van der Waals surface area contributed by atoms with Gasteiger partial charge in [0.2, 0.25) is 17.7 Å². The Morgan fingerprint density at radius 3 is 2.00 bits per heavy atom. The Bertz CT molecular complexity index is 1160. The van der Waals surface area contributed by atoms with Crippen molar-refractivity contribution in [1.29, 1.82) is 0 Å². The fourth-order valence-corrected chi connectivity index (χ4v) is 5.54. The molecule has 0 aliphatic carbocycles. The number of aliphatic hydroxyl groups excluding tert-OH is 1. The Morgan fingerprint density at radius 1 is 0.889 bits per heavy atom. The number of hydrogen-bond donors (Lipinski definition) is 5. The number of ketones is 1. The van der Waals surface area contributed by atoms with Crippen molar-refractivity contribution >= 4 is 29.5 Å². The summed E-state index contributed by atoms with van der Waals surface area (Å²) >= 11 is 0. The van der Waals surface area contributed by atoms with Gasteiger partial charge in [0.25, 0.3) is 0 Å². The molecule has 250 valence electrons. The van der Waals surface area contributed by atoms with Crippen molar-refractivity contribution in [2.45, 2.75) is 90.4 Å². The normalized spacial score (nSPS) is 20.2. The number of nitrogens with zero attached hydrogens (tertiary/aromatic N) is 1. The molecule has 0 aromatic heterocycles. The lowest BCUT2D eigenvalue weighted by Crippen LogP contribution is -2.58. The first-order valence-corrected chi connectivity index (χ1v) is 16.1. The highest BCUT2D eigenvalue weighted by molar-refractivity contribution is 5.98. The zero-order chi connectivity index (χ0) is 33.1. The van der Waals surface area contributed by atoms with E-state index in [0.29, 0.717) is 45.4 Å². The van der Waals surface area contributed by atoms with Crippen molar-refractivity contribution in [3.05, 3.63) is 35.9 Å². The van der Waals surface area contributed by atoms with E-state index in [4.69, 9.17) is 9.84 Å². The highest BCUT2D eigenvalue weighted by atomic mass is 16.6. The van der Waals surface area contributed by atoms with Crippen LogP contribution >= 0.6 is 0 Å². The average molecular weight is 630 g/mol. The van der Waals surface area contributed by atoms with Crippen LogP contribution in [0.5, 0.6) is 0 Å². The Morgan fingerprint density at radius 2 is 1.44 bits per heavy atom. The number of Topliss-reactive ketones (excluding diaryl/α,β-unsaturated/α-hetero) is 1. The van der Waals surface area contributed by atoms with E-state index in [1.54, 1.807) is 11.8 Å². The van der Waals surface area contributed by atoms with Crippen molar-refractivity contribution in [2.24, 2.45) is 17.8 Å². The summed E-state index contributed by atoms with van der Waals surface area (Å²) in [4.78, 5) is 67.8. The number of hydrogen-bond acceptors (Lipinski definition) is 7. The van der Waals surface area contributed by atoms with E-state index in [1.807, 2.05) is 58.0 Å². The molecule has 4 unspecified atom stereocenters. The number of aliphatic hydroxyl groups is 1. The van der Waals surface area contributed by atoms with Gasteiger partial charge in [-0.1, -0.05) is 58.0 Å². The van der Waals surface area contributed by atoms with Crippen molar-refractivity contribution in [1.82, 2.24) is 26.2 Å². The van der Waals surface area contributed by atoms with E-state index < -0.39 is 41.6 Å². The van der Waals surface area contributed by atoms with Crippen LogP contribution in [-0.2, 0) is 30.3 Å². The number of rotatable bonds is 16. The maximum Gasteiger partial charge on any atom is 0.318 e. The highest BCUT2D eigenvalue weighted by Crippen LogP contribution is 2.29. The van der Waals surface area contributed by atoms with Crippen molar-refractivity contribution in [2.75, 3.05) is 32.8 Å². The molecular weight excluding hydrogens is 578 g/mol. The molecule has 2 aliphatic heterocycles. The molecule has 12 nitrogen and oxygen atoms in total. The van der Waals surface area contributed by atoms with Crippen LogP contribution in [0.3, 0.4) is 0 Å². The van der Waals surface area contributed by atoms with Gasteiger partial charge < -0.3 is 36.0 Å². The summed E-state index contributed by atoms with van der Waals surface area (Å²) in [5.41, 5.74) is -0.0764. The van der Waals surface area contributed by atoms with E-state index in [0.717, 1.165) is 5.56 Å². The zero-order valence-electron chi connectivity index (χ0n) is 27.3. The fraction of sp³-hybridized carbons (Fsp3) is 0.667. The van der Waals surface area contributed by atoms with Gasteiger partial charge in [-0.15, -0.1) is 0 Å². The molecule has 12 heteroatoms. The van der Waals surface area contributed by atoms with Crippen LogP contribution in [0.15, 0.2) is 30.3 Å². The van der Waals surface area contributed by atoms with Gasteiger partial charge in [-0.2, -0.15) is 0 Å². The largest absolute Gasteiger partial charge is 0.395 e. The molecule has 5 N–H and O–H groups in total. The molecule has 45 heavy (non-hydrogen) atoms. The van der Waals surface area contributed by atoms with Gasteiger partial charge in [0.15, 0.2) is 5.78 Å². The van der Waals surface area contributed by atoms with Crippen LogP contribution in [0.2, 0.25) is 0 Å². The molecule has 4 atom stereocenters. The van der Waals surface area contributed by atoms with Crippen LogP contribution < -0.4 is 21.3 Å². The van der Waals surface area contributed by atoms with Crippen LogP contribution in [0.25, 0.3) is 0 Å². The van der Waals surface area contributed by atoms with Gasteiger partial charge in [-0.3, -0.25) is 19.2 Å². The SMILES string of the molecule is CC(C)CC(NC(=O)N1CCC(C(=O)NCCO)CC1)C(=O)NC(Cc1ccccc1)C(=O)NC(CC(C)C)C(=O)C1(C)CO1. The second kappa shape index (κ2) is 16.7. The summed E-state index contributed by atoms with van der Waals surface area (Å²) in [5, 5.41) is 20.3. The molecule has 2 saturated heterocycles. The summed E-state index contributed by atoms with van der Waals surface area (Å²) in [6.45, 7) is 10.6. The molecular formula is C33H51N5O7. The number of ether oxygens (including phenoxy) is 1. The zero-order valence-corrected chi connectivity index (χ0v) is 27.3. The second-order valence-corrected chi connectivity index (χ2v) is 13.2. The Kier molecular flexibility index (Phi) is 13.3. The number of likely N-dealkylation sites (tertiary alicyclic amines) is 1. The predicted octanol–water partition coefficient (Wildman–Crippen LogP) is 1.55. The van der Waals surface area contributed by atoms with E-state index in [-0.39, 0.29) is 49.0 Å². The van der Waals surface area contributed by atoms with Crippen LogP contribution in [0, 0.1) is 17.8 Å². The molecule has 2 aliphatic rings. The molecule has 1 aromatic carbocycles. The van der Waals surface area contributed by atoms with Gasteiger partial charge in [-0.25, -0.2) is 4.79 Å². The lowest BCUT2D eigenvalue weighted by Gasteiger charge is -2.33. The monoisotopic (exact) mass is 629 g/mol. The average Bonchev–Trinajstić information content (AvgIpc) is 3.76. The lowest BCUT2D eigenvalue weighted by molar-refractivity contribution is -0.133. The van der Waals surface area contributed by atoms with Gasteiger partial charge in [0, 0.05) is 32.0 Å². The maximum atomic E-state index is 13.7.